The molecule has 1 fully saturated rings. The largest absolute Gasteiger partial charge is 0.497 e. The van der Waals surface area contributed by atoms with Crippen molar-refractivity contribution in [2.24, 2.45) is 0 Å². The molecule has 2 aromatic heterocycles. The number of methoxy groups -OCH3 is 1. The second-order valence-corrected chi connectivity index (χ2v) is 7.62. The molecule has 8 nitrogen and oxygen atoms in total. The molecule has 0 spiro atoms. The summed E-state index contributed by atoms with van der Waals surface area (Å²) in [5.74, 6) is -0.628. The number of carboxylic acid groups (broad SMARTS) is 1. The number of hydrogen-bond donors (Lipinski definition) is 3. The van der Waals surface area contributed by atoms with Gasteiger partial charge in [0.05, 0.1) is 17.3 Å². The molecule has 1 aromatic carbocycles. The van der Waals surface area contributed by atoms with Gasteiger partial charge in [-0.15, -0.1) is 11.3 Å². The first-order valence-electron chi connectivity index (χ1n) is 8.90. The highest BCUT2D eigenvalue weighted by Gasteiger charge is 2.38. The normalized spacial score (nSPS) is 16.6. The van der Waals surface area contributed by atoms with Gasteiger partial charge >= 0.3 is 12.1 Å². The molecule has 4 N–H and O–H groups in total. The molecule has 0 radical (unpaired) electrons. The lowest BCUT2D eigenvalue weighted by atomic mass is 10.2. The van der Waals surface area contributed by atoms with Crippen LogP contribution in [0.25, 0.3) is 20.3 Å². The van der Waals surface area contributed by atoms with Crippen LogP contribution in [-0.2, 0) is 4.79 Å². The number of nitrogen functional groups attached to an aromatic ring is 1. The summed E-state index contributed by atoms with van der Waals surface area (Å²) in [4.78, 5) is 20.2. The number of aromatic nitrogens is 2. The third-order valence-corrected chi connectivity index (χ3v) is 5.80. The molecule has 1 atom stereocenters. The third-order valence-electron chi connectivity index (χ3n) is 4.66. The van der Waals surface area contributed by atoms with Crippen molar-refractivity contribution in [3.8, 4) is 5.75 Å². The molecular formula is C18H20F3N5O3S. The topological polar surface area (TPSA) is 114 Å². The molecule has 0 amide bonds. The second kappa shape index (κ2) is 8.48. The molecule has 1 saturated heterocycles. The minimum atomic E-state index is -5.08. The van der Waals surface area contributed by atoms with E-state index < -0.39 is 12.1 Å². The number of benzene rings is 1. The Balaban J connectivity index is 0.000000318. The van der Waals surface area contributed by atoms with Crippen molar-refractivity contribution < 1.29 is 27.8 Å². The summed E-state index contributed by atoms with van der Waals surface area (Å²) in [5, 5.41) is 11.6. The van der Waals surface area contributed by atoms with Crippen molar-refractivity contribution in [2.75, 3.05) is 37.9 Å². The van der Waals surface area contributed by atoms with Crippen LogP contribution in [-0.4, -0.2) is 60.5 Å². The summed E-state index contributed by atoms with van der Waals surface area (Å²) in [6, 6.07) is 6.54. The summed E-state index contributed by atoms with van der Waals surface area (Å²) in [5.41, 5.74) is 6.91. The number of ether oxygens (including phenoxy) is 1. The van der Waals surface area contributed by atoms with Gasteiger partial charge in [0.15, 0.2) is 5.82 Å². The molecule has 3 heterocycles. The lowest BCUT2D eigenvalue weighted by Crippen LogP contribution is -2.30. The van der Waals surface area contributed by atoms with E-state index in [1.165, 1.54) is 0 Å². The van der Waals surface area contributed by atoms with E-state index in [0.717, 1.165) is 51.4 Å². The Morgan fingerprint density at radius 2 is 2.10 bits per heavy atom. The van der Waals surface area contributed by atoms with E-state index in [1.54, 1.807) is 18.4 Å². The van der Waals surface area contributed by atoms with Gasteiger partial charge in [-0.05, 0) is 31.7 Å². The van der Waals surface area contributed by atoms with Gasteiger partial charge in [0.1, 0.15) is 5.75 Å². The van der Waals surface area contributed by atoms with E-state index in [4.69, 9.17) is 20.4 Å². The quantitative estimate of drug-likeness (QED) is 0.566. The Hall–Kier alpha value is -2.86. The maximum Gasteiger partial charge on any atom is 0.490 e. The number of aliphatic carboxylic acids is 1. The van der Waals surface area contributed by atoms with Gasteiger partial charge in [-0.25, -0.2) is 9.78 Å². The Labute approximate surface area is 173 Å². The average molecular weight is 443 g/mol. The summed E-state index contributed by atoms with van der Waals surface area (Å²) >= 11 is 1.70. The molecule has 30 heavy (non-hydrogen) atoms. The highest BCUT2D eigenvalue weighted by atomic mass is 32.1. The van der Waals surface area contributed by atoms with Gasteiger partial charge in [-0.2, -0.15) is 18.2 Å². The van der Waals surface area contributed by atoms with Crippen LogP contribution in [0.5, 0.6) is 5.75 Å². The van der Waals surface area contributed by atoms with Crippen molar-refractivity contribution in [1.29, 1.82) is 0 Å². The first-order valence-corrected chi connectivity index (χ1v) is 9.71. The Kier molecular flexibility index (Phi) is 6.17. The van der Waals surface area contributed by atoms with E-state index in [1.807, 2.05) is 25.2 Å². The lowest BCUT2D eigenvalue weighted by Gasteiger charge is -2.18. The predicted molar refractivity (Wildman–Crippen MR) is 109 cm³/mol. The number of fused-ring (bicyclic) bond motifs is 3. The van der Waals surface area contributed by atoms with Crippen molar-refractivity contribution in [3.63, 3.8) is 0 Å². The summed E-state index contributed by atoms with van der Waals surface area (Å²) in [7, 11) is 3.68. The minimum absolute atomic E-state index is 0.330. The number of carbonyl (C=O) groups is 1. The Morgan fingerprint density at radius 3 is 2.67 bits per heavy atom. The molecule has 0 saturated carbocycles. The van der Waals surface area contributed by atoms with Gasteiger partial charge in [0.25, 0.3) is 0 Å². The molecule has 3 aromatic rings. The van der Waals surface area contributed by atoms with Crippen molar-refractivity contribution in [1.82, 2.24) is 15.3 Å². The number of likely N-dealkylation sites (N-methyl/N-ethyl adjacent to an activating group) is 1. The van der Waals surface area contributed by atoms with Gasteiger partial charge < -0.3 is 25.8 Å². The molecule has 4 rings (SSSR count). The van der Waals surface area contributed by atoms with Crippen molar-refractivity contribution in [2.45, 2.75) is 18.6 Å². The molecule has 0 bridgehead atoms. The number of rotatable bonds is 3. The number of nitrogens with one attached hydrogen (secondary N) is 1. The maximum absolute atomic E-state index is 10.6. The standard InChI is InChI=1S/C16H19N5OS.C2HF3O2/c1-18-9-5-6-21(8-9)15-14-13(19-16(17)20-15)11-4-3-10(22-2)7-12(11)23-14;3-2(4,5)1(6)7/h3-4,7,9,18H,5-6,8H2,1-2H3,(H2,17,19,20);(H,6,7)/t9-;/m1./s1. The third kappa shape index (κ3) is 4.49. The van der Waals surface area contributed by atoms with Crippen LogP contribution in [0, 0.1) is 0 Å². The van der Waals surface area contributed by atoms with Gasteiger partial charge in [-0.1, -0.05) is 0 Å². The smallest absolute Gasteiger partial charge is 0.490 e. The number of carboxylic acids is 1. The van der Waals surface area contributed by atoms with Gasteiger partial charge in [-0.3, -0.25) is 0 Å². The van der Waals surface area contributed by atoms with Crippen LogP contribution >= 0.6 is 11.3 Å². The Bertz CT molecular complexity index is 1070. The summed E-state index contributed by atoms with van der Waals surface area (Å²) < 4.78 is 39.3. The fourth-order valence-electron chi connectivity index (χ4n) is 3.15. The molecule has 1 aliphatic rings. The first-order chi connectivity index (χ1) is 14.1. The van der Waals surface area contributed by atoms with E-state index in [0.29, 0.717) is 12.0 Å². The molecule has 12 heteroatoms. The van der Waals surface area contributed by atoms with E-state index >= 15 is 0 Å². The van der Waals surface area contributed by atoms with Crippen molar-refractivity contribution >= 4 is 49.4 Å². The fourth-order valence-corrected chi connectivity index (χ4v) is 4.34. The number of halogens is 3. The number of nitrogens with two attached hydrogens (primary N) is 1. The number of anilines is 2. The zero-order valence-corrected chi connectivity index (χ0v) is 17.0. The summed E-state index contributed by atoms with van der Waals surface area (Å²) in [6.07, 6.45) is -3.97. The molecule has 0 aliphatic carbocycles. The predicted octanol–water partition coefficient (Wildman–Crippen LogP) is 2.87. The summed E-state index contributed by atoms with van der Waals surface area (Å²) in [6.45, 7) is 1.92. The molecule has 162 valence electrons. The maximum atomic E-state index is 10.6. The number of alkyl halides is 3. The molecule has 0 unspecified atom stereocenters. The first kappa shape index (κ1) is 21.8. The van der Waals surface area contributed by atoms with E-state index in [2.05, 4.69) is 20.2 Å². The Morgan fingerprint density at radius 1 is 1.40 bits per heavy atom. The minimum Gasteiger partial charge on any atom is -0.497 e. The average Bonchev–Trinajstić information content (AvgIpc) is 3.31. The van der Waals surface area contributed by atoms with Crippen LogP contribution in [0.3, 0.4) is 0 Å². The van der Waals surface area contributed by atoms with Gasteiger partial charge in [0.2, 0.25) is 5.95 Å². The van der Waals surface area contributed by atoms with E-state index in [-0.39, 0.29) is 0 Å². The monoisotopic (exact) mass is 443 g/mol. The molecular weight excluding hydrogens is 423 g/mol. The number of thiophene rings is 1. The zero-order chi connectivity index (χ0) is 22.1. The van der Waals surface area contributed by atoms with E-state index in [9.17, 15) is 13.2 Å². The van der Waals surface area contributed by atoms with Gasteiger partial charge in [0, 0.05) is 29.2 Å². The second-order valence-electron chi connectivity index (χ2n) is 6.57. The van der Waals surface area contributed by atoms with Crippen molar-refractivity contribution in [3.05, 3.63) is 18.2 Å². The van der Waals surface area contributed by atoms with Crippen LogP contribution < -0.4 is 20.7 Å². The van der Waals surface area contributed by atoms with Crippen LogP contribution in [0.4, 0.5) is 24.9 Å². The van der Waals surface area contributed by atoms with Crippen LogP contribution in [0.2, 0.25) is 0 Å². The number of nitrogens with zero attached hydrogens (tertiary/aromatic N) is 3. The molecule has 1 aliphatic heterocycles. The lowest BCUT2D eigenvalue weighted by molar-refractivity contribution is -0.192. The number of hydrogen-bond acceptors (Lipinski definition) is 8. The highest BCUT2D eigenvalue weighted by molar-refractivity contribution is 7.26. The fraction of sp³-hybridized carbons (Fsp3) is 0.389. The zero-order valence-electron chi connectivity index (χ0n) is 16.2. The van der Waals surface area contributed by atoms with Crippen LogP contribution in [0.15, 0.2) is 18.2 Å². The SMILES string of the molecule is CN[C@@H]1CCN(c2nc(N)nc3c2sc2cc(OC)ccc23)C1.O=C(O)C(F)(F)F. The highest BCUT2D eigenvalue weighted by Crippen LogP contribution is 2.40. The van der Waals surface area contributed by atoms with Crippen LogP contribution in [0.1, 0.15) is 6.42 Å².